The third-order valence-electron chi connectivity index (χ3n) is 5.01. The summed E-state index contributed by atoms with van der Waals surface area (Å²) in [5.41, 5.74) is 2.84. The number of hydrogen-bond acceptors (Lipinski definition) is 6. The molecule has 1 N–H and O–H groups in total. The molecule has 2 aromatic heterocycles. The van der Waals surface area contributed by atoms with Crippen molar-refractivity contribution in [2.75, 3.05) is 30.4 Å². The lowest BCUT2D eigenvalue weighted by Gasteiger charge is -2.23. The van der Waals surface area contributed by atoms with E-state index in [0.717, 1.165) is 27.2 Å². The minimum Gasteiger partial charge on any atom is -0.495 e. The van der Waals surface area contributed by atoms with Gasteiger partial charge in [-0.15, -0.1) is 11.3 Å². The molecule has 0 aliphatic heterocycles. The van der Waals surface area contributed by atoms with Gasteiger partial charge in [-0.3, -0.25) is 4.79 Å². The van der Waals surface area contributed by atoms with Gasteiger partial charge in [-0.05, 0) is 31.5 Å². The zero-order valence-electron chi connectivity index (χ0n) is 17.8. The number of carbonyl (C=O) groups excluding carboxylic acids is 1. The number of aromatic nitrogens is 2. The number of nitrogens with one attached hydrogen (secondary N) is 1. The van der Waals surface area contributed by atoms with Crippen molar-refractivity contribution >= 4 is 39.0 Å². The molecule has 0 unspecified atom stereocenters. The van der Waals surface area contributed by atoms with Crippen LogP contribution in [-0.2, 0) is 4.79 Å². The second-order valence-corrected chi connectivity index (χ2v) is 7.91. The van der Waals surface area contributed by atoms with Gasteiger partial charge >= 0.3 is 0 Å². The number of fused-ring (bicyclic) bond motifs is 1. The molecule has 2 aromatic carbocycles. The number of anilines is 2. The SMILES string of the molecule is CCN(CC(=O)Nc1ccccc1OC)c1nc(C)nc2scc(-c3ccccc3)c12. The molecule has 0 saturated carbocycles. The van der Waals surface area contributed by atoms with Gasteiger partial charge < -0.3 is 15.0 Å². The van der Waals surface area contributed by atoms with E-state index in [4.69, 9.17) is 9.72 Å². The van der Waals surface area contributed by atoms with Crippen molar-refractivity contribution in [2.45, 2.75) is 13.8 Å². The molecule has 1 amide bonds. The van der Waals surface area contributed by atoms with Crippen LogP contribution in [0.5, 0.6) is 5.75 Å². The van der Waals surface area contributed by atoms with Crippen LogP contribution in [0.1, 0.15) is 12.7 Å². The molecule has 0 radical (unpaired) electrons. The molecule has 0 saturated heterocycles. The summed E-state index contributed by atoms with van der Waals surface area (Å²) in [4.78, 5) is 25.2. The minimum absolute atomic E-state index is 0.132. The summed E-state index contributed by atoms with van der Waals surface area (Å²) in [6.45, 7) is 4.71. The first kappa shape index (κ1) is 20.8. The number of nitrogens with zero attached hydrogens (tertiary/aromatic N) is 3. The number of likely N-dealkylation sites (N-methyl/N-ethyl adjacent to an activating group) is 1. The number of thiophene rings is 1. The molecule has 0 spiro atoms. The fraction of sp³-hybridized carbons (Fsp3) is 0.208. The summed E-state index contributed by atoms with van der Waals surface area (Å²) in [5, 5.41) is 6.04. The third kappa shape index (κ3) is 4.36. The minimum atomic E-state index is -0.132. The Bertz CT molecular complexity index is 1210. The van der Waals surface area contributed by atoms with E-state index >= 15 is 0 Å². The van der Waals surface area contributed by atoms with Gasteiger partial charge in [0.05, 0.1) is 24.7 Å². The Balaban J connectivity index is 1.69. The normalized spacial score (nSPS) is 10.8. The molecule has 2 heterocycles. The van der Waals surface area contributed by atoms with Gasteiger partial charge in [0.25, 0.3) is 0 Å². The number of amides is 1. The first-order valence-corrected chi connectivity index (χ1v) is 11.0. The molecular weight excluding hydrogens is 408 g/mol. The highest BCUT2D eigenvalue weighted by molar-refractivity contribution is 7.17. The Morgan fingerprint density at radius 1 is 1.10 bits per heavy atom. The lowest BCUT2D eigenvalue weighted by atomic mass is 10.1. The summed E-state index contributed by atoms with van der Waals surface area (Å²) >= 11 is 1.60. The zero-order valence-corrected chi connectivity index (χ0v) is 18.6. The zero-order chi connectivity index (χ0) is 21.8. The van der Waals surface area contributed by atoms with Crippen molar-refractivity contribution in [1.82, 2.24) is 9.97 Å². The van der Waals surface area contributed by atoms with E-state index in [1.807, 2.05) is 61.2 Å². The number of hydrogen-bond donors (Lipinski definition) is 1. The number of rotatable bonds is 7. The third-order valence-corrected chi connectivity index (χ3v) is 5.88. The molecule has 31 heavy (non-hydrogen) atoms. The molecular formula is C24H24N4O2S. The van der Waals surface area contributed by atoms with Gasteiger partial charge in [-0.25, -0.2) is 9.97 Å². The predicted octanol–water partition coefficient (Wildman–Crippen LogP) is 5.14. The van der Waals surface area contributed by atoms with Gasteiger partial charge in [0.1, 0.15) is 22.2 Å². The average Bonchev–Trinajstić information content (AvgIpc) is 3.21. The summed E-state index contributed by atoms with van der Waals surface area (Å²) in [6.07, 6.45) is 0. The first-order chi connectivity index (χ1) is 15.1. The largest absolute Gasteiger partial charge is 0.495 e. The fourth-order valence-electron chi connectivity index (χ4n) is 3.53. The van der Waals surface area contributed by atoms with E-state index < -0.39 is 0 Å². The summed E-state index contributed by atoms with van der Waals surface area (Å²) < 4.78 is 5.34. The molecule has 4 rings (SSSR count). The van der Waals surface area contributed by atoms with Gasteiger partial charge in [0.2, 0.25) is 5.91 Å². The maximum Gasteiger partial charge on any atom is 0.244 e. The monoisotopic (exact) mass is 432 g/mol. The van der Waals surface area contributed by atoms with Crippen molar-refractivity contribution in [3.63, 3.8) is 0 Å². The van der Waals surface area contributed by atoms with Crippen LogP contribution in [0.3, 0.4) is 0 Å². The Kier molecular flexibility index (Phi) is 6.13. The standard InChI is InChI=1S/C24H24N4O2S/c1-4-28(14-21(29)27-19-12-8-9-13-20(19)30-3)23-22-18(17-10-6-5-7-11-17)15-31-24(22)26-16(2)25-23/h5-13,15H,4,14H2,1-3H3,(H,27,29). The van der Waals surface area contributed by atoms with Crippen LogP contribution in [0.15, 0.2) is 60.0 Å². The fourth-order valence-corrected chi connectivity index (χ4v) is 4.52. The summed E-state index contributed by atoms with van der Waals surface area (Å²) in [5.74, 6) is 1.96. The number of carbonyl (C=O) groups is 1. The molecule has 0 aliphatic carbocycles. The highest BCUT2D eigenvalue weighted by atomic mass is 32.1. The highest BCUT2D eigenvalue weighted by Crippen LogP contribution is 2.38. The lowest BCUT2D eigenvalue weighted by Crippen LogP contribution is -2.34. The van der Waals surface area contributed by atoms with Crippen LogP contribution in [0.4, 0.5) is 11.5 Å². The van der Waals surface area contributed by atoms with Crippen LogP contribution in [0, 0.1) is 6.92 Å². The van der Waals surface area contributed by atoms with Gasteiger partial charge in [-0.1, -0.05) is 42.5 Å². The molecule has 0 fully saturated rings. The van der Waals surface area contributed by atoms with Crippen molar-refractivity contribution in [3.05, 3.63) is 65.8 Å². The highest BCUT2D eigenvalue weighted by Gasteiger charge is 2.20. The number of benzene rings is 2. The average molecular weight is 433 g/mol. The molecule has 0 bridgehead atoms. The van der Waals surface area contributed by atoms with E-state index in [9.17, 15) is 4.79 Å². The number of para-hydroxylation sites is 2. The maximum atomic E-state index is 12.9. The Morgan fingerprint density at radius 2 is 1.84 bits per heavy atom. The Hall–Kier alpha value is -3.45. The van der Waals surface area contributed by atoms with E-state index in [1.54, 1.807) is 18.4 Å². The second-order valence-electron chi connectivity index (χ2n) is 7.05. The van der Waals surface area contributed by atoms with Crippen LogP contribution in [0.25, 0.3) is 21.3 Å². The van der Waals surface area contributed by atoms with E-state index in [-0.39, 0.29) is 12.5 Å². The Labute approximate surface area is 185 Å². The molecule has 0 atom stereocenters. The van der Waals surface area contributed by atoms with Crippen LogP contribution < -0.4 is 15.0 Å². The Morgan fingerprint density at radius 3 is 2.58 bits per heavy atom. The van der Waals surface area contributed by atoms with Crippen molar-refractivity contribution in [1.29, 1.82) is 0 Å². The van der Waals surface area contributed by atoms with Crippen molar-refractivity contribution in [2.24, 2.45) is 0 Å². The maximum absolute atomic E-state index is 12.9. The molecule has 6 nitrogen and oxygen atoms in total. The van der Waals surface area contributed by atoms with Crippen LogP contribution in [0.2, 0.25) is 0 Å². The lowest BCUT2D eigenvalue weighted by molar-refractivity contribution is -0.115. The molecule has 7 heteroatoms. The van der Waals surface area contributed by atoms with E-state index in [0.29, 0.717) is 23.8 Å². The van der Waals surface area contributed by atoms with Crippen LogP contribution in [-0.4, -0.2) is 36.1 Å². The first-order valence-electron chi connectivity index (χ1n) is 10.1. The van der Waals surface area contributed by atoms with Crippen molar-refractivity contribution < 1.29 is 9.53 Å². The topological polar surface area (TPSA) is 67.4 Å². The summed E-state index contributed by atoms with van der Waals surface area (Å²) in [6, 6.07) is 17.6. The number of ether oxygens (including phenoxy) is 1. The van der Waals surface area contributed by atoms with Crippen LogP contribution >= 0.6 is 11.3 Å². The van der Waals surface area contributed by atoms with Crippen molar-refractivity contribution in [3.8, 4) is 16.9 Å². The molecule has 0 aliphatic rings. The van der Waals surface area contributed by atoms with Gasteiger partial charge in [-0.2, -0.15) is 0 Å². The predicted molar refractivity (Wildman–Crippen MR) is 127 cm³/mol. The second kappa shape index (κ2) is 9.14. The number of methoxy groups -OCH3 is 1. The number of aryl methyl sites for hydroxylation is 1. The van der Waals surface area contributed by atoms with E-state index in [1.165, 1.54) is 0 Å². The van der Waals surface area contributed by atoms with E-state index in [2.05, 4.69) is 27.8 Å². The smallest absolute Gasteiger partial charge is 0.244 e. The quantitative estimate of drug-likeness (QED) is 0.438. The van der Waals surface area contributed by atoms with Gasteiger partial charge in [0.15, 0.2) is 0 Å². The summed E-state index contributed by atoms with van der Waals surface area (Å²) in [7, 11) is 1.59. The molecule has 158 valence electrons. The molecule has 4 aromatic rings. The van der Waals surface area contributed by atoms with Gasteiger partial charge in [0, 0.05) is 17.5 Å².